The molecule has 0 fully saturated rings. The van der Waals surface area contributed by atoms with Crippen molar-refractivity contribution in [1.29, 1.82) is 0 Å². The van der Waals surface area contributed by atoms with E-state index in [1.165, 1.54) is 0 Å². The third-order valence-electron chi connectivity index (χ3n) is 3.47. The topological polar surface area (TPSA) is 4.93 Å². The predicted octanol–water partition coefficient (Wildman–Crippen LogP) is 6.24. The molecule has 2 rings (SSSR count). The summed E-state index contributed by atoms with van der Waals surface area (Å²) in [4.78, 5) is 0. The largest absolute Gasteiger partial charge is 0.382 e. The van der Waals surface area contributed by atoms with Gasteiger partial charge in [-0.15, -0.1) is 18.0 Å². The van der Waals surface area contributed by atoms with E-state index in [4.69, 9.17) is 0 Å². The molecule has 0 saturated carbocycles. The summed E-state index contributed by atoms with van der Waals surface area (Å²) in [5, 5.41) is 1.08. The second-order valence-corrected chi connectivity index (χ2v) is 4.66. The number of hydrogen-bond acceptors (Lipinski definition) is 0. The first-order valence-electron chi connectivity index (χ1n) is 7.85. The zero-order chi connectivity index (χ0) is 17.4. The molecule has 0 atom stereocenters. The number of nitrogens with zero attached hydrogens (tertiary/aromatic N) is 1. The molecule has 0 unspecified atom stereocenters. The molecule has 0 saturated heterocycles. The molecule has 2 aromatic rings. The maximum absolute atomic E-state index is 3.92. The Bertz CT molecular complexity index is 773. The third kappa shape index (κ3) is 4.56. The molecule has 0 spiro atoms. The monoisotopic (exact) mass is 392 g/mol. The van der Waals surface area contributed by atoms with Crippen molar-refractivity contribution in [3.8, 4) is 0 Å². The van der Waals surface area contributed by atoms with E-state index in [0.29, 0.717) is 0 Å². The van der Waals surface area contributed by atoms with Gasteiger partial charge in [-0.05, 0) is 12.4 Å². The van der Waals surface area contributed by atoms with E-state index in [-0.39, 0.29) is 32.7 Å². The fourth-order valence-corrected chi connectivity index (χ4v) is 2.51. The van der Waals surface area contributed by atoms with Gasteiger partial charge >= 0.3 is 0 Å². The van der Waals surface area contributed by atoms with Crippen LogP contribution < -0.4 is 0 Å². The number of fused-ring (bicyclic) bond motifs is 1. The van der Waals surface area contributed by atoms with Gasteiger partial charge in [0.25, 0.3) is 0 Å². The van der Waals surface area contributed by atoms with Crippen molar-refractivity contribution in [2.75, 3.05) is 0 Å². The van der Waals surface area contributed by atoms with Crippen LogP contribution in [0.5, 0.6) is 0 Å². The minimum Gasteiger partial charge on any atom is -0.382 e. The summed E-state index contributed by atoms with van der Waals surface area (Å²) in [5.74, 6) is 0. The van der Waals surface area contributed by atoms with Crippen LogP contribution in [0.4, 0.5) is 0 Å². The van der Waals surface area contributed by atoms with Crippen LogP contribution in [0.1, 0.15) is 37.6 Å². The Labute approximate surface area is 172 Å². The van der Waals surface area contributed by atoms with Crippen LogP contribution in [0.15, 0.2) is 50.1 Å². The molecule has 0 aliphatic heterocycles. The van der Waals surface area contributed by atoms with Crippen LogP contribution in [0.3, 0.4) is 0 Å². The van der Waals surface area contributed by atoms with Gasteiger partial charge in [-0.25, -0.2) is 5.57 Å². The molecule has 1 radical (unpaired) electrons. The Morgan fingerprint density at radius 1 is 1.21 bits per heavy atom. The molecule has 1 aromatic heterocycles. The van der Waals surface area contributed by atoms with Gasteiger partial charge in [-0.1, -0.05) is 44.2 Å². The first-order valence-corrected chi connectivity index (χ1v) is 7.85. The molecular weight excluding hydrogens is 367 g/mol. The van der Waals surface area contributed by atoms with E-state index in [9.17, 15) is 0 Å². The van der Waals surface area contributed by atoms with Crippen molar-refractivity contribution in [3.63, 3.8) is 0 Å². The molecule has 1 nitrogen and oxygen atoms in total. The Hall–Kier alpha value is -1.44. The summed E-state index contributed by atoms with van der Waals surface area (Å²) in [6, 6.07) is 7.60. The van der Waals surface area contributed by atoms with Crippen molar-refractivity contribution in [2.24, 2.45) is 7.05 Å². The first kappa shape index (κ1) is 22.6. The van der Waals surface area contributed by atoms with Crippen molar-refractivity contribution >= 4 is 28.6 Å². The fourth-order valence-electron chi connectivity index (χ4n) is 2.51. The maximum Gasteiger partial charge on any atom is 0.00696 e. The smallest absolute Gasteiger partial charge is 0.00696 e. The Morgan fingerprint density at radius 2 is 1.88 bits per heavy atom. The van der Waals surface area contributed by atoms with E-state index >= 15 is 0 Å². The van der Waals surface area contributed by atoms with Gasteiger partial charge in [0.05, 0.1) is 0 Å². The zero-order valence-corrected chi connectivity index (χ0v) is 18.0. The van der Waals surface area contributed by atoms with Crippen LogP contribution >= 0.6 is 0 Å². The summed E-state index contributed by atoms with van der Waals surface area (Å²) in [7, 11) is 2.04. The Balaban J connectivity index is 0.00000170. The number of aryl methyl sites for hydroxylation is 1. The van der Waals surface area contributed by atoms with Gasteiger partial charge in [-0.2, -0.15) is 42.5 Å². The number of allylic oxidation sites excluding steroid dienone is 5. The standard InChI is InChI=1S/C20H19N.C2H6.Y/c1-6-10-15(8-3)16-12-13-20-18(14-16)17(11-7-2)19(9-4)21(20)5;1-2;/h6-9,11-13H,1,3-4H2,2,5H3;1-2H3;/q-2;;/b11-7-;;. The molecule has 2 heteroatoms. The molecule has 0 N–H and O–H groups in total. The number of benzene rings is 1. The minimum absolute atomic E-state index is 0. The van der Waals surface area contributed by atoms with Crippen molar-refractivity contribution in [2.45, 2.75) is 20.8 Å². The van der Waals surface area contributed by atoms with E-state index in [0.717, 1.165) is 33.3 Å². The number of rotatable bonds is 5. The Morgan fingerprint density at radius 3 is 2.38 bits per heavy atom. The molecule has 123 valence electrons. The van der Waals surface area contributed by atoms with Crippen LogP contribution in [-0.4, -0.2) is 4.57 Å². The molecule has 0 aliphatic carbocycles. The first-order chi connectivity index (χ1) is 11.2. The van der Waals surface area contributed by atoms with Crippen LogP contribution in [-0.2, 0) is 39.8 Å². The molecule has 1 heterocycles. The second kappa shape index (κ2) is 11.2. The van der Waals surface area contributed by atoms with Crippen molar-refractivity contribution < 1.29 is 32.7 Å². The maximum atomic E-state index is 3.92. The zero-order valence-electron chi connectivity index (χ0n) is 15.2. The van der Waals surface area contributed by atoms with Gasteiger partial charge < -0.3 is 4.57 Å². The van der Waals surface area contributed by atoms with Gasteiger partial charge in [0.1, 0.15) is 0 Å². The molecule has 0 amide bonds. The molecule has 24 heavy (non-hydrogen) atoms. The fraction of sp³-hybridized carbons (Fsp3) is 0.182. The van der Waals surface area contributed by atoms with E-state index < -0.39 is 0 Å². The van der Waals surface area contributed by atoms with Gasteiger partial charge in [0, 0.05) is 45.5 Å². The van der Waals surface area contributed by atoms with Crippen molar-refractivity contribution in [1.82, 2.24) is 4.57 Å². The van der Waals surface area contributed by atoms with E-state index in [1.807, 2.05) is 46.0 Å². The van der Waals surface area contributed by atoms with Gasteiger partial charge in [0.15, 0.2) is 0 Å². The Kier molecular flexibility index (Phi) is 10.5. The average Bonchev–Trinajstić information content (AvgIpc) is 2.86. The third-order valence-corrected chi connectivity index (χ3v) is 3.47. The van der Waals surface area contributed by atoms with Crippen LogP contribution in [0.2, 0.25) is 0 Å². The summed E-state index contributed by atoms with van der Waals surface area (Å²) in [6.07, 6.45) is 12.5. The SMILES string of the molecule is C=C[C-]=C(C=C)c1[c-]c2c(/C=C\C)c(C=C)n(C)c2cc1.CC.[Y]. The quantitative estimate of drug-likeness (QED) is 0.420. The molecule has 0 aliphatic rings. The number of aromatic nitrogens is 1. The summed E-state index contributed by atoms with van der Waals surface area (Å²) >= 11 is 0. The van der Waals surface area contributed by atoms with Crippen molar-refractivity contribution in [3.05, 3.63) is 79.1 Å². The van der Waals surface area contributed by atoms with Gasteiger partial charge in [-0.3, -0.25) is 0 Å². The average molecular weight is 392 g/mol. The normalized spacial score (nSPS) is 10.8. The molecular formula is C22H25NY-2. The second-order valence-electron chi connectivity index (χ2n) is 4.66. The molecule has 0 bridgehead atoms. The van der Waals surface area contributed by atoms with Crippen LogP contribution in [0.25, 0.3) is 28.6 Å². The van der Waals surface area contributed by atoms with E-state index in [1.54, 1.807) is 12.2 Å². The van der Waals surface area contributed by atoms with Crippen LogP contribution in [0, 0.1) is 12.1 Å². The van der Waals surface area contributed by atoms with Gasteiger partial charge in [0.2, 0.25) is 0 Å². The summed E-state index contributed by atoms with van der Waals surface area (Å²) < 4.78 is 2.13. The predicted molar refractivity (Wildman–Crippen MR) is 105 cm³/mol. The summed E-state index contributed by atoms with van der Waals surface area (Å²) in [6.45, 7) is 17.5. The summed E-state index contributed by atoms with van der Waals surface area (Å²) in [5.41, 5.74) is 5.21. The molecule has 1 aromatic carbocycles. The minimum atomic E-state index is 0. The number of hydrogen-bond donors (Lipinski definition) is 0. The van der Waals surface area contributed by atoms with E-state index in [2.05, 4.69) is 48.6 Å².